The highest BCUT2D eigenvalue weighted by atomic mass is 35.9. The van der Waals surface area contributed by atoms with Crippen molar-refractivity contribution in [3.05, 3.63) is 41.2 Å². The summed E-state index contributed by atoms with van der Waals surface area (Å²) in [6.45, 7) is 16.0. The minimum atomic E-state index is -1.79. The lowest BCUT2D eigenvalue weighted by Gasteiger charge is -2.39. The first-order valence-electron chi connectivity index (χ1n) is 11.8. The highest BCUT2D eigenvalue weighted by Crippen LogP contribution is 2.54. The van der Waals surface area contributed by atoms with Gasteiger partial charge in [0.1, 0.15) is 29.0 Å². The monoisotopic (exact) mass is 560 g/mol. The second-order valence-corrected chi connectivity index (χ2v) is 14.8. The van der Waals surface area contributed by atoms with Gasteiger partial charge in [-0.15, -0.1) is 0 Å². The van der Waals surface area contributed by atoms with Gasteiger partial charge in [-0.05, 0) is 78.4 Å². The molecule has 0 radical (unpaired) electrons. The molecule has 0 amide bonds. The molecule has 9 heteroatoms. The SMILES string of the molecule is COC1=CC(C(C)(C)C)C(OC(=O)OC(C)(C)C)C(c2cc(OC)cc(C(C)(C)C)c2OP(Cl)Cl)=C1. The number of benzene rings is 1. The molecule has 2 rings (SSSR count). The molecule has 2 unspecified atom stereocenters. The van der Waals surface area contributed by atoms with E-state index in [-0.39, 0.29) is 16.7 Å². The molecule has 0 aromatic heterocycles. The summed E-state index contributed by atoms with van der Waals surface area (Å²) >= 11 is 12.4. The van der Waals surface area contributed by atoms with E-state index in [0.29, 0.717) is 28.4 Å². The molecule has 0 heterocycles. The zero-order valence-electron chi connectivity index (χ0n) is 23.1. The smallest absolute Gasteiger partial charge is 0.497 e. The normalized spacial score (nSPS) is 18.8. The first-order chi connectivity index (χ1) is 16.4. The molecule has 202 valence electrons. The van der Waals surface area contributed by atoms with Crippen LogP contribution in [0.15, 0.2) is 30.0 Å². The van der Waals surface area contributed by atoms with Crippen LogP contribution in [0.25, 0.3) is 5.57 Å². The maximum atomic E-state index is 12.9. The van der Waals surface area contributed by atoms with Gasteiger partial charge in [-0.25, -0.2) is 4.79 Å². The second kappa shape index (κ2) is 11.4. The van der Waals surface area contributed by atoms with Crippen LogP contribution in [0.1, 0.15) is 73.4 Å². The number of allylic oxidation sites excluding steroid dienone is 1. The fourth-order valence-corrected chi connectivity index (χ4v) is 4.73. The Balaban J connectivity index is 2.86. The van der Waals surface area contributed by atoms with Gasteiger partial charge in [-0.1, -0.05) is 41.5 Å². The summed E-state index contributed by atoms with van der Waals surface area (Å²) in [4.78, 5) is 12.9. The van der Waals surface area contributed by atoms with Gasteiger partial charge in [-0.3, -0.25) is 0 Å². The van der Waals surface area contributed by atoms with Crippen LogP contribution in [0.2, 0.25) is 0 Å². The number of rotatable bonds is 6. The minimum Gasteiger partial charge on any atom is -0.497 e. The van der Waals surface area contributed by atoms with E-state index in [1.807, 2.05) is 24.3 Å². The van der Waals surface area contributed by atoms with Crippen molar-refractivity contribution in [1.82, 2.24) is 0 Å². The first-order valence-corrected chi connectivity index (χ1v) is 14.8. The van der Waals surface area contributed by atoms with Crippen LogP contribution in [-0.4, -0.2) is 32.1 Å². The molecule has 0 N–H and O–H groups in total. The first kappa shape index (κ1) is 30.6. The van der Waals surface area contributed by atoms with E-state index in [9.17, 15) is 4.79 Å². The Bertz CT molecular complexity index is 1010. The van der Waals surface area contributed by atoms with Crippen molar-refractivity contribution in [2.45, 2.75) is 79.4 Å². The molecular formula is C27H39Cl2O6P. The third kappa shape index (κ3) is 7.94. The molecule has 6 nitrogen and oxygen atoms in total. The number of methoxy groups -OCH3 is 2. The Hall–Kier alpha value is -1.62. The molecule has 1 aromatic carbocycles. The van der Waals surface area contributed by atoms with Gasteiger partial charge >= 0.3 is 6.16 Å². The Labute approximate surface area is 226 Å². The van der Waals surface area contributed by atoms with E-state index in [0.717, 1.165) is 5.56 Å². The number of halogens is 2. The summed E-state index contributed by atoms with van der Waals surface area (Å²) < 4.78 is 28.9. The van der Waals surface area contributed by atoms with Gasteiger partial charge in [0.25, 0.3) is 6.85 Å². The molecule has 0 fully saturated rings. The van der Waals surface area contributed by atoms with Crippen LogP contribution in [0, 0.1) is 11.3 Å². The lowest BCUT2D eigenvalue weighted by Crippen LogP contribution is -2.39. The lowest BCUT2D eigenvalue weighted by molar-refractivity contribution is -0.0316. The Kier molecular flexibility index (Phi) is 9.70. The molecule has 0 saturated heterocycles. The Morgan fingerprint density at radius 2 is 1.56 bits per heavy atom. The molecule has 0 saturated carbocycles. The summed E-state index contributed by atoms with van der Waals surface area (Å²) in [5, 5.41) is 0. The van der Waals surface area contributed by atoms with Crippen LogP contribution in [0.3, 0.4) is 0 Å². The third-order valence-corrected chi connectivity index (χ3v) is 6.43. The summed E-state index contributed by atoms with van der Waals surface area (Å²) in [5.74, 6) is 1.52. The largest absolute Gasteiger partial charge is 0.509 e. The molecule has 2 atom stereocenters. The van der Waals surface area contributed by atoms with E-state index < -0.39 is 24.7 Å². The van der Waals surface area contributed by atoms with Crippen LogP contribution in [0.4, 0.5) is 4.79 Å². The molecule has 0 aliphatic heterocycles. The summed E-state index contributed by atoms with van der Waals surface area (Å²) in [7, 11) is 3.21. The fraction of sp³-hybridized carbons (Fsp3) is 0.593. The predicted molar refractivity (Wildman–Crippen MR) is 148 cm³/mol. The van der Waals surface area contributed by atoms with Crippen LogP contribution < -0.4 is 9.26 Å². The van der Waals surface area contributed by atoms with Crippen molar-refractivity contribution < 1.29 is 28.3 Å². The summed E-state index contributed by atoms with van der Waals surface area (Å²) in [6, 6.07) is 3.75. The molecule has 1 aliphatic rings. The predicted octanol–water partition coefficient (Wildman–Crippen LogP) is 8.99. The van der Waals surface area contributed by atoms with E-state index in [4.69, 9.17) is 46.0 Å². The molecule has 0 bridgehead atoms. The van der Waals surface area contributed by atoms with Gasteiger partial charge in [0.2, 0.25) is 0 Å². The summed E-state index contributed by atoms with van der Waals surface area (Å²) in [5.41, 5.74) is 0.829. The van der Waals surface area contributed by atoms with Crippen molar-refractivity contribution in [3.63, 3.8) is 0 Å². The van der Waals surface area contributed by atoms with Crippen molar-refractivity contribution in [1.29, 1.82) is 0 Å². The highest BCUT2D eigenvalue weighted by molar-refractivity contribution is 8.00. The standard InChI is InChI=1S/C27H39Cl2O6P/c1-25(2,3)20-14-16(31-10)12-18(22(20)33-24(30)34-27(7,8)9)19-13-17(32-11)15-21(26(4,5)6)23(19)35-36(28)29/h12-15,20,22H,1-11H3. The average Bonchev–Trinajstić information content (AvgIpc) is 2.70. The second-order valence-electron chi connectivity index (χ2n) is 11.9. The van der Waals surface area contributed by atoms with Crippen molar-refractivity contribution in [2.75, 3.05) is 14.2 Å². The molecular weight excluding hydrogens is 522 g/mol. The number of carbonyl (C=O) groups is 1. The molecule has 0 spiro atoms. The Morgan fingerprint density at radius 3 is 2.00 bits per heavy atom. The third-order valence-electron chi connectivity index (χ3n) is 5.70. The number of hydrogen-bond acceptors (Lipinski definition) is 6. The van der Waals surface area contributed by atoms with Gasteiger partial charge in [0, 0.05) is 22.6 Å². The topological polar surface area (TPSA) is 63.2 Å². The van der Waals surface area contributed by atoms with E-state index in [1.165, 1.54) is 0 Å². The zero-order valence-corrected chi connectivity index (χ0v) is 25.5. The Morgan fingerprint density at radius 1 is 0.944 bits per heavy atom. The zero-order chi connectivity index (χ0) is 27.6. The van der Waals surface area contributed by atoms with E-state index >= 15 is 0 Å². The van der Waals surface area contributed by atoms with Gasteiger partial charge in [-0.2, -0.15) is 0 Å². The lowest BCUT2D eigenvalue weighted by atomic mass is 9.71. The van der Waals surface area contributed by atoms with Crippen molar-refractivity contribution in [2.24, 2.45) is 11.3 Å². The number of hydrogen-bond donors (Lipinski definition) is 0. The van der Waals surface area contributed by atoms with Crippen molar-refractivity contribution >= 4 is 41.1 Å². The van der Waals surface area contributed by atoms with E-state index in [2.05, 4.69) is 41.5 Å². The van der Waals surface area contributed by atoms with Crippen LogP contribution >= 0.6 is 29.3 Å². The minimum absolute atomic E-state index is 0.245. The molecule has 1 aliphatic carbocycles. The van der Waals surface area contributed by atoms with E-state index in [1.54, 1.807) is 35.0 Å². The number of carbonyl (C=O) groups excluding carboxylic acids is 1. The summed E-state index contributed by atoms with van der Waals surface area (Å²) in [6.07, 6.45) is 2.34. The van der Waals surface area contributed by atoms with Crippen LogP contribution in [0.5, 0.6) is 11.5 Å². The molecule has 36 heavy (non-hydrogen) atoms. The fourth-order valence-electron chi connectivity index (χ4n) is 3.98. The van der Waals surface area contributed by atoms with Gasteiger partial charge in [0.15, 0.2) is 0 Å². The van der Waals surface area contributed by atoms with Gasteiger partial charge < -0.3 is 23.5 Å². The van der Waals surface area contributed by atoms with Crippen LogP contribution in [-0.2, 0) is 19.6 Å². The average molecular weight is 561 g/mol. The molecule has 1 aromatic rings. The number of ether oxygens (including phenoxy) is 4. The quantitative estimate of drug-likeness (QED) is 0.255. The van der Waals surface area contributed by atoms with Crippen molar-refractivity contribution in [3.8, 4) is 11.5 Å². The maximum absolute atomic E-state index is 12.9. The maximum Gasteiger partial charge on any atom is 0.509 e. The van der Waals surface area contributed by atoms with Gasteiger partial charge in [0.05, 0.1) is 14.2 Å². The highest BCUT2D eigenvalue weighted by Gasteiger charge is 2.41.